The lowest BCUT2D eigenvalue weighted by molar-refractivity contribution is -0.138. The summed E-state index contributed by atoms with van der Waals surface area (Å²) in [4.78, 5) is 22.9. The smallest absolute Gasteiger partial charge is 0.421 e. The maximum atomic E-state index is 13.2. The molecule has 0 unspecified atom stereocenters. The molecule has 0 saturated heterocycles. The monoisotopic (exact) mass is 439 g/mol. The second-order valence-corrected chi connectivity index (χ2v) is 6.76. The van der Waals surface area contributed by atoms with Crippen molar-refractivity contribution in [3.8, 4) is 11.5 Å². The summed E-state index contributed by atoms with van der Waals surface area (Å²) in [7, 11) is 0. The summed E-state index contributed by atoms with van der Waals surface area (Å²) in [6, 6.07) is 14.0. The van der Waals surface area contributed by atoms with Crippen molar-refractivity contribution in [3.05, 3.63) is 94.2 Å². The summed E-state index contributed by atoms with van der Waals surface area (Å²) >= 11 is 0. The number of aromatic amines is 1. The first-order valence-electron chi connectivity index (χ1n) is 9.28. The molecule has 5 N–H and O–H groups in total. The molecule has 0 radical (unpaired) electrons. The molecular weight excluding hydrogens is 423 g/mol. The summed E-state index contributed by atoms with van der Waals surface area (Å²) in [5.74, 6) is -0.317. The van der Waals surface area contributed by atoms with Crippen LogP contribution >= 0.6 is 0 Å². The summed E-state index contributed by atoms with van der Waals surface area (Å²) in [6.07, 6.45) is -2.76. The van der Waals surface area contributed by atoms with E-state index in [0.717, 1.165) is 6.07 Å². The van der Waals surface area contributed by atoms with Gasteiger partial charge in [-0.1, -0.05) is 24.3 Å². The van der Waals surface area contributed by atoms with Crippen LogP contribution in [-0.2, 0) is 6.18 Å². The van der Waals surface area contributed by atoms with Crippen molar-refractivity contribution in [1.29, 1.82) is 0 Å². The molecule has 4 rings (SSSR count). The first-order valence-corrected chi connectivity index (χ1v) is 9.28. The van der Waals surface area contributed by atoms with E-state index in [1.807, 2.05) is 0 Å². The number of aromatic nitrogens is 3. The number of H-pyrrole nitrogens is 1. The number of nitrogens with two attached hydrogens (primary N) is 2. The number of pyridine rings is 1. The van der Waals surface area contributed by atoms with Gasteiger partial charge in [0.25, 0.3) is 5.56 Å². The number of para-hydroxylation sites is 2. The Hall–Kier alpha value is -4.34. The van der Waals surface area contributed by atoms with Gasteiger partial charge in [-0.05, 0) is 30.3 Å². The standard InChI is InChI=1S/C22H16F3N5O2/c23-22(24,25)14-11-28-9-8-17(14)32-13-5-3-4-12(10-13)18(26)19(27)20-21(31)30-16-7-2-1-6-15(16)29-20/h1-11H,26-27H2,(H,30,31)/b19-18+. The molecule has 0 aliphatic rings. The minimum absolute atomic E-state index is 0.0227. The Kier molecular flexibility index (Phi) is 5.27. The minimum atomic E-state index is -4.63. The van der Waals surface area contributed by atoms with E-state index in [1.165, 1.54) is 24.4 Å². The SMILES string of the molecule is N/C(=C(/N)c1nc2ccccc2[nH]c1=O)c1cccc(Oc2ccncc2C(F)(F)F)c1. The topological polar surface area (TPSA) is 120 Å². The lowest BCUT2D eigenvalue weighted by Crippen LogP contribution is -2.20. The van der Waals surface area contributed by atoms with Crippen molar-refractivity contribution in [2.45, 2.75) is 6.18 Å². The van der Waals surface area contributed by atoms with Gasteiger partial charge in [0.05, 0.1) is 22.4 Å². The van der Waals surface area contributed by atoms with Crippen molar-refractivity contribution < 1.29 is 17.9 Å². The lowest BCUT2D eigenvalue weighted by Gasteiger charge is -2.14. The summed E-state index contributed by atoms with van der Waals surface area (Å²) in [5, 5.41) is 0. The Morgan fingerprint density at radius 2 is 1.78 bits per heavy atom. The summed E-state index contributed by atoms with van der Waals surface area (Å²) in [5.41, 5.74) is 12.0. The van der Waals surface area contributed by atoms with Crippen molar-refractivity contribution in [2.75, 3.05) is 0 Å². The van der Waals surface area contributed by atoms with Gasteiger partial charge in [0.15, 0.2) is 5.69 Å². The van der Waals surface area contributed by atoms with Gasteiger partial charge in [-0.25, -0.2) is 4.98 Å². The van der Waals surface area contributed by atoms with Gasteiger partial charge >= 0.3 is 6.18 Å². The van der Waals surface area contributed by atoms with E-state index in [1.54, 1.807) is 30.3 Å². The largest absolute Gasteiger partial charge is 0.457 e. The van der Waals surface area contributed by atoms with Crippen LogP contribution in [0.15, 0.2) is 71.8 Å². The highest BCUT2D eigenvalue weighted by Gasteiger charge is 2.34. The third-order valence-corrected chi connectivity index (χ3v) is 4.60. The fourth-order valence-corrected chi connectivity index (χ4v) is 3.03. The number of benzene rings is 2. The molecule has 4 aromatic rings. The molecule has 0 bridgehead atoms. The van der Waals surface area contributed by atoms with Crippen LogP contribution in [0.4, 0.5) is 13.2 Å². The molecule has 0 aliphatic carbocycles. The van der Waals surface area contributed by atoms with Gasteiger partial charge in [-0.2, -0.15) is 13.2 Å². The van der Waals surface area contributed by atoms with Crippen LogP contribution in [0.1, 0.15) is 16.8 Å². The zero-order chi connectivity index (χ0) is 22.9. The third-order valence-electron chi connectivity index (χ3n) is 4.60. The molecule has 0 saturated carbocycles. The van der Waals surface area contributed by atoms with Crippen LogP contribution in [-0.4, -0.2) is 15.0 Å². The highest BCUT2D eigenvalue weighted by molar-refractivity contribution is 5.88. The number of ether oxygens (including phenoxy) is 1. The van der Waals surface area contributed by atoms with E-state index in [0.29, 0.717) is 22.8 Å². The van der Waals surface area contributed by atoms with Crippen molar-refractivity contribution >= 4 is 22.4 Å². The third kappa shape index (κ3) is 4.10. The van der Waals surface area contributed by atoms with Gasteiger partial charge in [-0.15, -0.1) is 0 Å². The van der Waals surface area contributed by atoms with Gasteiger partial charge in [0.2, 0.25) is 0 Å². The minimum Gasteiger partial charge on any atom is -0.457 e. The molecule has 2 aromatic heterocycles. The summed E-state index contributed by atoms with van der Waals surface area (Å²) < 4.78 is 45.0. The van der Waals surface area contributed by atoms with Crippen LogP contribution in [0.5, 0.6) is 11.5 Å². The number of nitrogens with one attached hydrogen (secondary N) is 1. The van der Waals surface area contributed by atoms with Gasteiger partial charge in [0.1, 0.15) is 17.1 Å². The number of fused-ring (bicyclic) bond motifs is 1. The Labute approximate surface area is 179 Å². The maximum absolute atomic E-state index is 13.2. The van der Waals surface area contributed by atoms with Crippen LogP contribution in [0.2, 0.25) is 0 Å². The summed E-state index contributed by atoms with van der Waals surface area (Å²) in [6.45, 7) is 0. The molecule has 32 heavy (non-hydrogen) atoms. The number of nitrogens with zero attached hydrogens (tertiary/aromatic N) is 2. The van der Waals surface area contributed by atoms with Gasteiger partial charge in [0, 0.05) is 18.0 Å². The molecule has 0 atom stereocenters. The van der Waals surface area contributed by atoms with Crippen LogP contribution in [0, 0.1) is 0 Å². The number of alkyl halides is 3. The van der Waals surface area contributed by atoms with Gasteiger partial charge in [-0.3, -0.25) is 9.78 Å². The van der Waals surface area contributed by atoms with E-state index in [2.05, 4.69) is 15.0 Å². The predicted octanol–water partition coefficient (Wildman–Crippen LogP) is 3.87. The Balaban J connectivity index is 1.72. The van der Waals surface area contributed by atoms with E-state index >= 15 is 0 Å². The predicted molar refractivity (Wildman–Crippen MR) is 113 cm³/mol. The van der Waals surface area contributed by atoms with E-state index in [-0.39, 0.29) is 22.8 Å². The Bertz CT molecular complexity index is 1400. The second kappa shape index (κ2) is 8.06. The highest BCUT2D eigenvalue weighted by atomic mass is 19.4. The molecule has 0 amide bonds. The van der Waals surface area contributed by atoms with Crippen molar-refractivity contribution in [2.24, 2.45) is 11.5 Å². The van der Waals surface area contributed by atoms with E-state index in [9.17, 15) is 18.0 Å². The molecule has 0 fully saturated rings. The lowest BCUT2D eigenvalue weighted by atomic mass is 10.1. The second-order valence-electron chi connectivity index (χ2n) is 6.76. The highest BCUT2D eigenvalue weighted by Crippen LogP contribution is 2.37. The first-order chi connectivity index (χ1) is 15.2. The molecule has 0 aliphatic heterocycles. The molecular formula is C22H16F3N5O2. The molecule has 2 heterocycles. The van der Waals surface area contributed by atoms with Gasteiger partial charge < -0.3 is 21.2 Å². The van der Waals surface area contributed by atoms with Crippen molar-refractivity contribution in [1.82, 2.24) is 15.0 Å². The van der Waals surface area contributed by atoms with Crippen LogP contribution < -0.4 is 21.8 Å². The molecule has 0 spiro atoms. The number of rotatable bonds is 4. The number of hydrogen-bond donors (Lipinski definition) is 3. The normalized spacial score (nSPS) is 12.5. The average molecular weight is 439 g/mol. The average Bonchev–Trinajstić information content (AvgIpc) is 2.77. The molecule has 10 heteroatoms. The fourth-order valence-electron chi connectivity index (χ4n) is 3.03. The Morgan fingerprint density at radius 3 is 2.56 bits per heavy atom. The molecule has 2 aromatic carbocycles. The zero-order valence-corrected chi connectivity index (χ0v) is 16.4. The molecule has 7 nitrogen and oxygen atoms in total. The van der Waals surface area contributed by atoms with E-state index in [4.69, 9.17) is 16.2 Å². The quantitative estimate of drug-likeness (QED) is 0.444. The van der Waals surface area contributed by atoms with Crippen LogP contribution in [0.25, 0.3) is 22.4 Å². The number of halogens is 3. The molecule has 162 valence electrons. The maximum Gasteiger partial charge on any atom is 0.421 e. The Morgan fingerprint density at radius 1 is 1.00 bits per heavy atom. The zero-order valence-electron chi connectivity index (χ0n) is 16.4. The van der Waals surface area contributed by atoms with E-state index < -0.39 is 23.0 Å². The first kappa shape index (κ1) is 20.9. The number of hydrogen-bond acceptors (Lipinski definition) is 6. The fraction of sp³-hybridized carbons (Fsp3) is 0.0455. The van der Waals surface area contributed by atoms with Crippen LogP contribution in [0.3, 0.4) is 0 Å². The van der Waals surface area contributed by atoms with Crippen molar-refractivity contribution in [3.63, 3.8) is 0 Å².